The fourth-order valence-electron chi connectivity index (χ4n) is 3.29. The predicted octanol–water partition coefficient (Wildman–Crippen LogP) is 3.10. The van der Waals surface area contributed by atoms with Crippen LogP contribution in [-0.2, 0) is 14.8 Å². The Morgan fingerprint density at radius 2 is 1.96 bits per heavy atom. The summed E-state index contributed by atoms with van der Waals surface area (Å²) in [4.78, 5) is 17.3. The molecule has 0 bridgehead atoms. The van der Waals surface area contributed by atoms with Crippen LogP contribution in [0.3, 0.4) is 0 Å². The number of ether oxygens (including phenoxy) is 1. The summed E-state index contributed by atoms with van der Waals surface area (Å²) in [5.74, 6) is 0.221. The first-order valence-corrected chi connectivity index (χ1v) is 11.1. The van der Waals surface area contributed by atoms with E-state index in [1.807, 2.05) is 24.3 Å². The van der Waals surface area contributed by atoms with Crippen LogP contribution in [0.25, 0.3) is 10.2 Å². The third-order valence-electron chi connectivity index (χ3n) is 4.70. The predicted molar refractivity (Wildman–Crippen MR) is 108 cm³/mol. The molecule has 1 aliphatic heterocycles. The van der Waals surface area contributed by atoms with Crippen LogP contribution in [0.5, 0.6) is 5.75 Å². The minimum absolute atomic E-state index is 0.146. The molecule has 4 rings (SSSR count). The van der Waals surface area contributed by atoms with Crippen LogP contribution in [0.4, 0.5) is 5.13 Å². The molecule has 28 heavy (non-hydrogen) atoms. The topological polar surface area (TPSA) is 88.6 Å². The van der Waals surface area contributed by atoms with Gasteiger partial charge in [-0.25, -0.2) is 13.4 Å². The standard InChI is InChI=1S/C19H19N3O4S2/c1-26-13-8-10-14(11-9-13)28(24,25)22-12-4-6-16(22)18(23)21-19-20-15-5-2-3-7-17(15)27-19/h2-3,5,7-11,16H,4,6,12H2,1H3,(H,20,21,23). The van der Waals surface area contributed by atoms with Gasteiger partial charge in [-0.1, -0.05) is 23.5 Å². The molecule has 1 N–H and O–H groups in total. The van der Waals surface area contributed by atoms with E-state index >= 15 is 0 Å². The molecule has 2 aromatic carbocycles. The quantitative estimate of drug-likeness (QED) is 0.689. The van der Waals surface area contributed by atoms with Gasteiger partial charge in [-0.15, -0.1) is 0 Å². The van der Waals surface area contributed by atoms with E-state index in [4.69, 9.17) is 4.74 Å². The summed E-state index contributed by atoms with van der Waals surface area (Å²) in [5.41, 5.74) is 0.803. The van der Waals surface area contributed by atoms with Gasteiger partial charge < -0.3 is 10.1 Å². The lowest BCUT2D eigenvalue weighted by Gasteiger charge is -2.23. The highest BCUT2D eigenvalue weighted by Crippen LogP contribution is 2.30. The summed E-state index contributed by atoms with van der Waals surface area (Å²) in [6.45, 7) is 0.312. The minimum Gasteiger partial charge on any atom is -0.497 e. The zero-order valence-electron chi connectivity index (χ0n) is 15.2. The number of nitrogens with zero attached hydrogens (tertiary/aromatic N) is 2. The molecule has 1 amide bonds. The third kappa shape index (κ3) is 3.48. The fourth-order valence-corrected chi connectivity index (χ4v) is 5.81. The number of thiazole rings is 1. The molecule has 2 heterocycles. The highest BCUT2D eigenvalue weighted by molar-refractivity contribution is 7.89. The number of para-hydroxylation sites is 1. The number of amides is 1. The van der Waals surface area contributed by atoms with Gasteiger partial charge >= 0.3 is 0 Å². The summed E-state index contributed by atoms with van der Waals surface area (Å²) in [5, 5.41) is 3.26. The Kier molecular flexibility index (Phi) is 5.05. The molecule has 7 nitrogen and oxygen atoms in total. The Hall–Kier alpha value is -2.49. The van der Waals surface area contributed by atoms with Crippen LogP contribution >= 0.6 is 11.3 Å². The van der Waals surface area contributed by atoms with Gasteiger partial charge in [0.25, 0.3) is 0 Å². The molecule has 1 aromatic heterocycles. The Labute approximate surface area is 167 Å². The van der Waals surface area contributed by atoms with Crippen molar-refractivity contribution in [2.24, 2.45) is 0 Å². The lowest BCUT2D eigenvalue weighted by molar-refractivity contribution is -0.119. The Balaban J connectivity index is 1.55. The van der Waals surface area contributed by atoms with E-state index in [0.717, 1.165) is 10.2 Å². The van der Waals surface area contributed by atoms with E-state index < -0.39 is 16.1 Å². The third-order valence-corrected chi connectivity index (χ3v) is 7.57. The van der Waals surface area contributed by atoms with Crippen LogP contribution in [0.2, 0.25) is 0 Å². The molecule has 0 aliphatic carbocycles. The van der Waals surface area contributed by atoms with Gasteiger partial charge in [-0.05, 0) is 49.2 Å². The molecule has 1 aliphatic rings. The molecule has 1 saturated heterocycles. The molecule has 0 radical (unpaired) electrons. The maximum Gasteiger partial charge on any atom is 0.244 e. The molecular weight excluding hydrogens is 398 g/mol. The second kappa shape index (κ2) is 7.50. The van der Waals surface area contributed by atoms with E-state index in [1.165, 1.54) is 34.9 Å². The first-order valence-electron chi connectivity index (χ1n) is 8.81. The van der Waals surface area contributed by atoms with Crippen molar-refractivity contribution in [3.8, 4) is 5.75 Å². The molecule has 1 atom stereocenters. The van der Waals surface area contributed by atoms with E-state index in [-0.39, 0.29) is 10.8 Å². The number of benzene rings is 2. The SMILES string of the molecule is COc1ccc(S(=O)(=O)N2CCCC2C(=O)Nc2nc3ccccc3s2)cc1. The summed E-state index contributed by atoms with van der Waals surface area (Å²) in [6.07, 6.45) is 1.11. The summed E-state index contributed by atoms with van der Waals surface area (Å²) in [7, 11) is -2.25. The van der Waals surface area contributed by atoms with Crippen molar-refractivity contribution in [3.63, 3.8) is 0 Å². The normalized spacial score (nSPS) is 17.7. The monoisotopic (exact) mass is 417 g/mol. The van der Waals surface area contributed by atoms with Crippen molar-refractivity contribution in [3.05, 3.63) is 48.5 Å². The number of carbonyl (C=O) groups is 1. The number of rotatable bonds is 5. The second-order valence-electron chi connectivity index (χ2n) is 6.43. The molecule has 0 spiro atoms. The maximum absolute atomic E-state index is 13.0. The van der Waals surface area contributed by atoms with Crippen LogP contribution < -0.4 is 10.1 Å². The van der Waals surface area contributed by atoms with Crippen LogP contribution in [0, 0.1) is 0 Å². The molecule has 9 heteroatoms. The molecular formula is C19H19N3O4S2. The number of fused-ring (bicyclic) bond motifs is 1. The van der Waals surface area contributed by atoms with Crippen molar-refractivity contribution in [2.45, 2.75) is 23.8 Å². The van der Waals surface area contributed by atoms with Crippen molar-refractivity contribution < 1.29 is 17.9 Å². The molecule has 3 aromatic rings. The van der Waals surface area contributed by atoms with E-state index in [1.54, 1.807) is 12.1 Å². The zero-order chi connectivity index (χ0) is 19.7. The van der Waals surface area contributed by atoms with E-state index in [0.29, 0.717) is 30.3 Å². The van der Waals surface area contributed by atoms with Gasteiger partial charge in [0.2, 0.25) is 15.9 Å². The number of sulfonamides is 1. The number of anilines is 1. The van der Waals surface area contributed by atoms with Gasteiger partial charge in [0.05, 0.1) is 22.2 Å². The largest absolute Gasteiger partial charge is 0.497 e. The van der Waals surface area contributed by atoms with E-state index in [2.05, 4.69) is 10.3 Å². The van der Waals surface area contributed by atoms with Crippen LogP contribution in [-0.4, -0.2) is 43.3 Å². The maximum atomic E-state index is 13.0. The highest BCUT2D eigenvalue weighted by Gasteiger charge is 2.39. The number of aromatic nitrogens is 1. The Morgan fingerprint density at radius 1 is 1.21 bits per heavy atom. The number of methoxy groups -OCH3 is 1. The molecule has 1 fully saturated rings. The highest BCUT2D eigenvalue weighted by atomic mass is 32.2. The van der Waals surface area contributed by atoms with Crippen LogP contribution in [0.1, 0.15) is 12.8 Å². The fraction of sp³-hybridized carbons (Fsp3) is 0.263. The van der Waals surface area contributed by atoms with Gasteiger partial charge in [-0.2, -0.15) is 4.31 Å². The first kappa shape index (κ1) is 18.9. The zero-order valence-corrected chi connectivity index (χ0v) is 16.8. The van der Waals surface area contributed by atoms with Gasteiger partial charge in [0.15, 0.2) is 5.13 Å². The van der Waals surface area contributed by atoms with Gasteiger partial charge in [-0.3, -0.25) is 4.79 Å². The summed E-state index contributed by atoms with van der Waals surface area (Å²) in [6, 6.07) is 13.0. The summed E-state index contributed by atoms with van der Waals surface area (Å²) < 4.78 is 33.4. The second-order valence-corrected chi connectivity index (χ2v) is 9.35. The molecule has 146 valence electrons. The number of carbonyl (C=O) groups excluding carboxylic acids is 1. The lowest BCUT2D eigenvalue weighted by Crippen LogP contribution is -2.43. The van der Waals surface area contributed by atoms with Crippen LogP contribution in [0.15, 0.2) is 53.4 Å². The Morgan fingerprint density at radius 3 is 2.68 bits per heavy atom. The Bertz CT molecular complexity index is 1080. The smallest absolute Gasteiger partial charge is 0.244 e. The lowest BCUT2D eigenvalue weighted by atomic mass is 10.2. The van der Waals surface area contributed by atoms with Crippen molar-refractivity contribution in [1.29, 1.82) is 0 Å². The number of nitrogens with one attached hydrogen (secondary N) is 1. The van der Waals surface area contributed by atoms with Gasteiger partial charge in [0, 0.05) is 6.54 Å². The average Bonchev–Trinajstić information content (AvgIpc) is 3.35. The van der Waals surface area contributed by atoms with Crippen molar-refractivity contribution in [2.75, 3.05) is 19.0 Å². The first-order chi connectivity index (χ1) is 13.5. The number of hydrogen-bond donors (Lipinski definition) is 1. The van der Waals surface area contributed by atoms with E-state index in [9.17, 15) is 13.2 Å². The molecule has 0 saturated carbocycles. The average molecular weight is 418 g/mol. The van der Waals surface area contributed by atoms with Crippen molar-refractivity contribution >= 4 is 42.6 Å². The summed E-state index contributed by atoms with van der Waals surface area (Å²) >= 11 is 1.37. The minimum atomic E-state index is -3.77. The number of hydrogen-bond acceptors (Lipinski definition) is 6. The van der Waals surface area contributed by atoms with Gasteiger partial charge in [0.1, 0.15) is 11.8 Å². The molecule has 1 unspecified atom stereocenters. The van der Waals surface area contributed by atoms with Crippen molar-refractivity contribution in [1.82, 2.24) is 9.29 Å².